The van der Waals surface area contributed by atoms with Crippen molar-refractivity contribution >= 4 is 11.5 Å². The number of aromatic nitrogens is 4. The highest BCUT2D eigenvalue weighted by Crippen LogP contribution is 2.27. The lowest BCUT2D eigenvalue weighted by atomic mass is 10.4. The van der Waals surface area contributed by atoms with Gasteiger partial charge in [0.15, 0.2) is 5.65 Å². The molecule has 2 rings (SSSR count). The molecule has 0 N–H and O–H groups in total. The highest BCUT2D eigenvalue weighted by Gasteiger charge is 2.37. The topological polar surface area (TPSA) is 46.3 Å². The number of fused-ring (bicyclic) bond motifs is 1. The fraction of sp³-hybridized carbons (Fsp3) is 0.500. The van der Waals surface area contributed by atoms with Gasteiger partial charge < -0.3 is 4.90 Å². The van der Waals surface area contributed by atoms with E-state index in [9.17, 15) is 13.2 Å². The van der Waals surface area contributed by atoms with E-state index in [2.05, 4.69) is 15.3 Å². The van der Waals surface area contributed by atoms with Gasteiger partial charge in [0.1, 0.15) is 5.82 Å². The van der Waals surface area contributed by atoms with Crippen LogP contribution in [0.5, 0.6) is 0 Å². The first-order valence-electron chi connectivity index (χ1n) is 5.52. The van der Waals surface area contributed by atoms with Crippen LogP contribution in [0.4, 0.5) is 19.0 Å². The van der Waals surface area contributed by atoms with Crippen molar-refractivity contribution < 1.29 is 13.2 Å². The Bertz CT molecular complexity index is 544. The van der Waals surface area contributed by atoms with E-state index in [-0.39, 0.29) is 5.65 Å². The molecule has 2 heterocycles. The Kier molecular flexibility index (Phi) is 3.10. The lowest BCUT2D eigenvalue weighted by Gasteiger charge is -2.19. The smallest absolute Gasteiger partial charge is 0.356 e. The second-order valence-electron chi connectivity index (χ2n) is 3.66. The van der Waals surface area contributed by atoms with Crippen LogP contribution in [0.2, 0.25) is 0 Å². The van der Waals surface area contributed by atoms with Crippen LogP contribution in [0.25, 0.3) is 5.65 Å². The summed E-state index contributed by atoms with van der Waals surface area (Å²) < 4.78 is 38.7. The van der Waals surface area contributed by atoms with Crippen LogP contribution >= 0.6 is 0 Å². The maximum Gasteiger partial charge on any atom is 0.453 e. The Labute approximate surface area is 101 Å². The molecule has 0 aliphatic heterocycles. The Morgan fingerprint density at radius 2 is 1.83 bits per heavy atom. The zero-order chi connectivity index (χ0) is 13.3. The maximum absolute atomic E-state index is 12.7. The van der Waals surface area contributed by atoms with Gasteiger partial charge in [-0.2, -0.15) is 17.7 Å². The molecule has 0 saturated heterocycles. The summed E-state index contributed by atoms with van der Waals surface area (Å²) in [6, 6.07) is 3.11. The summed E-state index contributed by atoms with van der Waals surface area (Å²) in [6.45, 7) is 5.15. The van der Waals surface area contributed by atoms with Crippen LogP contribution in [0, 0.1) is 0 Å². The van der Waals surface area contributed by atoms with Crippen LogP contribution in [-0.2, 0) is 6.18 Å². The van der Waals surface area contributed by atoms with E-state index < -0.39 is 12.0 Å². The minimum atomic E-state index is -4.56. The lowest BCUT2D eigenvalue weighted by molar-refractivity contribution is -0.146. The highest BCUT2D eigenvalue weighted by atomic mass is 19.4. The summed E-state index contributed by atoms with van der Waals surface area (Å²) in [7, 11) is 0. The molecule has 0 amide bonds. The molecule has 0 unspecified atom stereocenters. The van der Waals surface area contributed by atoms with Gasteiger partial charge in [-0.25, -0.2) is 0 Å². The Morgan fingerprint density at radius 1 is 1.17 bits per heavy atom. The molecule has 0 bridgehead atoms. The van der Waals surface area contributed by atoms with Crippen molar-refractivity contribution in [1.82, 2.24) is 19.8 Å². The molecule has 8 heteroatoms. The summed E-state index contributed by atoms with van der Waals surface area (Å²) in [5.41, 5.74) is 0.0817. The molecule has 98 valence electrons. The molecule has 0 spiro atoms. The van der Waals surface area contributed by atoms with E-state index in [0.717, 1.165) is 4.52 Å². The predicted molar refractivity (Wildman–Crippen MR) is 59.3 cm³/mol. The quantitative estimate of drug-likeness (QED) is 0.845. The molecule has 18 heavy (non-hydrogen) atoms. The number of hydrogen-bond donors (Lipinski definition) is 0. The third kappa shape index (κ3) is 2.09. The first-order chi connectivity index (χ1) is 8.47. The number of nitrogens with zero attached hydrogens (tertiary/aromatic N) is 5. The molecule has 5 nitrogen and oxygen atoms in total. The van der Waals surface area contributed by atoms with Crippen LogP contribution in [0.15, 0.2) is 12.1 Å². The van der Waals surface area contributed by atoms with Crippen LogP contribution < -0.4 is 4.90 Å². The Morgan fingerprint density at radius 3 is 2.39 bits per heavy atom. The second-order valence-corrected chi connectivity index (χ2v) is 3.66. The summed E-state index contributed by atoms with van der Waals surface area (Å²) >= 11 is 0. The van der Waals surface area contributed by atoms with Crippen molar-refractivity contribution in [2.45, 2.75) is 20.0 Å². The molecule has 2 aromatic rings. The molecule has 0 aromatic carbocycles. The minimum Gasteiger partial charge on any atom is -0.356 e. The van der Waals surface area contributed by atoms with Gasteiger partial charge in [-0.05, 0) is 26.0 Å². The third-order valence-electron chi connectivity index (χ3n) is 2.59. The van der Waals surface area contributed by atoms with Crippen molar-refractivity contribution in [3.63, 3.8) is 0 Å². The molecule has 0 saturated carbocycles. The molecule has 0 aliphatic rings. The average Bonchev–Trinajstić information content (AvgIpc) is 2.73. The molecular weight excluding hydrogens is 247 g/mol. The SMILES string of the molecule is CCN(CC)c1ccc2nnc(C(F)(F)F)n2n1. The van der Waals surface area contributed by atoms with Crippen LogP contribution in [0.1, 0.15) is 19.7 Å². The van der Waals surface area contributed by atoms with Crippen molar-refractivity contribution in [1.29, 1.82) is 0 Å². The summed E-state index contributed by atoms with van der Waals surface area (Å²) in [6.07, 6.45) is -4.56. The van der Waals surface area contributed by atoms with E-state index in [1.807, 2.05) is 18.7 Å². The minimum absolute atomic E-state index is 0.0817. The number of halogens is 3. The largest absolute Gasteiger partial charge is 0.453 e. The number of hydrogen-bond acceptors (Lipinski definition) is 4. The number of anilines is 1. The summed E-state index contributed by atoms with van der Waals surface area (Å²) in [5.74, 6) is -0.635. The molecular formula is C10H12F3N5. The summed E-state index contributed by atoms with van der Waals surface area (Å²) in [4.78, 5) is 1.85. The summed E-state index contributed by atoms with van der Waals surface area (Å²) in [5, 5.41) is 10.5. The van der Waals surface area contributed by atoms with E-state index in [1.54, 1.807) is 6.07 Å². The van der Waals surface area contributed by atoms with Gasteiger partial charge in [-0.3, -0.25) is 0 Å². The normalized spacial score (nSPS) is 12.1. The van der Waals surface area contributed by atoms with Gasteiger partial charge in [0.2, 0.25) is 0 Å². The Balaban J connectivity index is 2.55. The average molecular weight is 259 g/mol. The zero-order valence-electron chi connectivity index (χ0n) is 9.94. The number of alkyl halides is 3. The van der Waals surface area contributed by atoms with Gasteiger partial charge in [0, 0.05) is 13.1 Å². The molecule has 0 atom stereocenters. The van der Waals surface area contributed by atoms with Crippen molar-refractivity contribution in [2.24, 2.45) is 0 Å². The fourth-order valence-electron chi connectivity index (χ4n) is 1.67. The van der Waals surface area contributed by atoms with Crippen molar-refractivity contribution in [3.8, 4) is 0 Å². The van der Waals surface area contributed by atoms with Gasteiger partial charge in [-0.1, -0.05) is 0 Å². The Hall–Kier alpha value is -1.86. The predicted octanol–water partition coefficient (Wildman–Crippen LogP) is 1.99. The molecule has 0 radical (unpaired) electrons. The maximum atomic E-state index is 12.7. The first-order valence-corrected chi connectivity index (χ1v) is 5.52. The number of rotatable bonds is 3. The molecule has 0 aliphatic carbocycles. The van der Waals surface area contributed by atoms with E-state index in [0.29, 0.717) is 18.9 Å². The zero-order valence-corrected chi connectivity index (χ0v) is 9.94. The highest BCUT2D eigenvalue weighted by molar-refractivity contribution is 5.45. The van der Waals surface area contributed by atoms with Gasteiger partial charge in [0.25, 0.3) is 5.82 Å². The van der Waals surface area contributed by atoms with Crippen LogP contribution in [-0.4, -0.2) is 32.9 Å². The van der Waals surface area contributed by atoms with E-state index in [1.165, 1.54) is 6.07 Å². The van der Waals surface area contributed by atoms with Crippen LogP contribution in [0.3, 0.4) is 0 Å². The third-order valence-corrected chi connectivity index (χ3v) is 2.59. The van der Waals surface area contributed by atoms with Crippen molar-refractivity contribution in [2.75, 3.05) is 18.0 Å². The van der Waals surface area contributed by atoms with E-state index in [4.69, 9.17) is 0 Å². The van der Waals surface area contributed by atoms with Gasteiger partial charge in [-0.15, -0.1) is 15.3 Å². The standard InChI is InChI=1S/C10H12F3N5/c1-3-17(4-2)8-6-5-7-14-15-9(10(11,12)13)18(7)16-8/h5-6H,3-4H2,1-2H3. The van der Waals surface area contributed by atoms with Crippen molar-refractivity contribution in [3.05, 3.63) is 18.0 Å². The van der Waals surface area contributed by atoms with Gasteiger partial charge >= 0.3 is 6.18 Å². The second kappa shape index (κ2) is 4.43. The fourth-order valence-corrected chi connectivity index (χ4v) is 1.67. The first kappa shape index (κ1) is 12.6. The van der Waals surface area contributed by atoms with E-state index >= 15 is 0 Å². The molecule has 2 aromatic heterocycles. The monoisotopic (exact) mass is 259 g/mol. The van der Waals surface area contributed by atoms with Gasteiger partial charge in [0.05, 0.1) is 0 Å². The lowest BCUT2D eigenvalue weighted by Crippen LogP contribution is -2.24. The molecule has 0 fully saturated rings.